The Hall–Kier alpha value is -3.49. The average molecular weight is 1240 g/mol. The molecule has 0 unspecified atom stereocenters. The number of carbonyl (C=O) groups is 2. The molecule has 7 N–H and O–H groups in total. The van der Waals surface area contributed by atoms with Crippen LogP contribution in [0.25, 0.3) is 12.2 Å². The number of H-pyrrole nitrogens is 2. The van der Waals surface area contributed by atoms with Crippen molar-refractivity contribution in [3.05, 3.63) is 116 Å². The van der Waals surface area contributed by atoms with Gasteiger partial charge in [0.05, 0.1) is 89.1 Å². The zero-order valence-electron chi connectivity index (χ0n) is 40.8. The molecule has 396 valence electrons. The first-order chi connectivity index (χ1) is 34.8. The van der Waals surface area contributed by atoms with Gasteiger partial charge < -0.3 is 34.0 Å². The number of nitrogens with zero attached hydrogens (tertiary/aromatic N) is 5. The maximum Gasteiger partial charge on any atom is 1.00 e. The van der Waals surface area contributed by atoms with Crippen LogP contribution in [0.3, 0.4) is 0 Å². The van der Waals surface area contributed by atoms with Crippen LogP contribution in [0.2, 0.25) is 0 Å². The first-order valence-electron chi connectivity index (χ1n) is 20.1. The first kappa shape index (κ1) is 69.8. The van der Waals surface area contributed by atoms with Crippen molar-refractivity contribution in [3.63, 3.8) is 0 Å². The molecular weight excluding hydrogens is 1210 g/mol. The van der Waals surface area contributed by atoms with Crippen LogP contribution < -0.4 is 145 Å². The Kier molecular flexibility index (Phi) is 23.7. The van der Waals surface area contributed by atoms with Gasteiger partial charge in [0, 0.05) is 0 Å². The molecular formula is C39H29N9Na4O21S6. The number of aromatic nitrogens is 3. The number of fused-ring (bicyclic) bond motifs is 2. The number of nitrogens with one attached hydrogen (secondary N) is 4. The summed E-state index contributed by atoms with van der Waals surface area (Å²) in [7, 11) is -30.1. The fraction of sp³-hybridized carbons (Fsp3) is 0.103. The van der Waals surface area contributed by atoms with E-state index in [1.54, 1.807) is 0 Å². The van der Waals surface area contributed by atoms with Crippen LogP contribution in [0.15, 0.2) is 122 Å². The number of hydrogen-bond donors (Lipinski definition) is 7. The summed E-state index contributed by atoms with van der Waals surface area (Å²) in [5.74, 6) is -4.21. The van der Waals surface area contributed by atoms with E-state index in [9.17, 15) is 83.4 Å². The van der Waals surface area contributed by atoms with Crippen molar-refractivity contribution in [2.24, 2.45) is 20.2 Å². The number of aliphatic hydroxyl groups is 2. The van der Waals surface area contributed by atoms with Gasteiger partial charge in [0.1, 0.15) is 41.0 Å². The third-order valence-corrected chi connectivity index (χ3v) is 16.9. The van der Waals surface area contributed by atoms with E-state index in [2.05, 4.69) is 41.0 Å². The molecule has 0 saturated heterocycles. The second kappa shape index (κ2) is 26.8. The quantitative estimate of drug-likeness (QED) is 0.0274. The van der Waals surface area contributed by atoms with Crippen molar-refractivity contribution in [1.29, 1.82) is 0 Å². The van der Waals surface area contributed by atoms with E-state index < -0.39 is 178 Å². The molecule has 0 aliphatic heterocycles. The summed E-state index contributed by atoms with van der Waals surface area (Å²) in [6.07, 6.45) is 0.985. The van der Waals surface area contributed by atoms with Crippen molar-refractivity contribution in [1.82, 2.24) is 15.0 Å². The van der Waals surface area contributed by atoms with E-state index in [4.69, 9.17) is 10.2 Å². The molecule has 1 aromatic heterocycles. The number of anilines is 2. The Morgan fingerprint density at radius 1 is 0.532 bits per heavy atom. The predicted octanol–water partition coefficient (Wildman–Crippen LogP) is -13.9. The second-order valence-electron chi connectivity index (χ2n) is 15.2. The third-order valence-electron chi connectivity index (χ3n) is 10.2. The van der Waals surface area contributed by atoms with E-state index in [1.807, 2.05) is 4.98 Å². The molecule has 0 fully saturated rings. The SMILES string of the molecule is O=C1/C(=N/Nc2ccc(S(=O)(=O)CCO)cc2)C(S(=O)(=O)[O-])=Cc2cc(S(=O)(=O)[O-])cc(N=c3nc([O-])[nH]c(=Nc4cc(S(=O)(=O)[O-])cc5c4C(=O)/C(=N/Nc4ccc(S(=O)(=O)CCO)cc4)C(S(=O)(=O)O)=C5)[nH]3)c21.[Na+].[Na+].[Na+].[Na+]. The van der Waals surface area contributed by atoms with E-state index in [-0.39, 0.29) is 139 Å². The number of hydrazone groups is 2. The molecule has 0 spiro atoms. The molecule has 0 saturated carbocycles. The van der Waals surface area contributed by atoms with Crippen molar-refractivity contribution in [2.75, 3.05) is 35.6 Å². The summed E-state index contributed by atoms with van der Waals surface area (Å²) in [5, 5.41) is 38.6. The van der Waals surface area contributed by atoms with Crippen LogP contribution in [0.5, 0.6) is 6.01 Å². The second-order valence-corrected chi connectivity index (χ2v) is 24.9. The zero-order valence-corrected chi connectivity index (χ0v) is 53.7. The van der Waals surface area contributed by atoms with E-state index in [0.29, 0.717) is 36.4 Å². The summed E-state index contributed by atoms with van der Waals surface area (Å²) in [6, 6.07) is 9.26. The molecule has 5 aromatic rings. The van der Waals surface area contributed by atoms with Crippen LogP contribution in [-0.4, -0.2) is 142 Å². The van der Waals surface area contributed by atoms with Crippen LogP contribution in [0, 0.1) is 0 Å². The van der Waals surface area contributed by atoms with Gasteiger partial charge in [-0.15, -0.1) is 0 Å². The Balaban J connectivity index is 0.00000410. The molecule has 7 rings (SSSR count). The number of rotatable bonds is 16. The van der Waals surface area contributed by atoms with Gasteiger partial charge >= 0.3 is 118 Å². The van der Waals surface area contributed by atoms with Crippen molar-refractivity contribution in [3.8, 4) is 6.01 Å². The smallest absolute Gasteiger partial charge is 0.846 e. The number of ketones is 2. The Morgan fingerprint density at radius 2 is 0.924 bits per heavy atom. The number of carbonyl (C=O) groups excluding carboxylic acids is 2. The summed E-state index contributed by atoms with van der Waals surface area (Å²) in [6.45, 7) is -1.41. The van der Waals surface area contributed by atoms with Crippen LogP contribution in [0.4, 0.5) is 22.7 Å². The maximum absolute atomic E-state index is 14.2. The minimum Gasteiger partial charge on any atom is -0.846 e. The van der Waals surface area contributed by atoms with Crippen molar-refractivity contribution < 1.29 is 212 Å². The van der Waals surface area contributed by atoms with Crippen LogP contribution >= 0.6 is 0 Å². The van der Waals surface area contributed by atoms with Gasteiger partial charge in [-0.1, -0.05) is 0 Å². The molecule has 1 heterocycles. The van der Waals surface area contributed by atoms with Crippen LogP contribution in [-0.2, 0) is 60.1 Å². The van der Waals surface area contributed by atoms with E-state index in [1.165, 1.54) is 0 Å². The van der Waals surface area contributed by atoms with Gasteiger partial charge in [-0.3, -0.25) is 30.0 Å². The van der Waals surface area contributed by atoms with Gasteiger partial charge in [-0.2, -0.15) is 18.6 Å². The van der Waals surface area contributed by atoms with Gasteiger partial charge in [-0.25, -0.2) is 57.1 Å². The predicted molar refractivity (Wildman–Crippen MR) is 251 cm³/mol. The monoisotopic (exact) mass is 1240 g/mol. The van der Waals surface area contributed by atoms with Crippen molar-refractivity contribution in [2.45, 2.75) is 19.6 Å². The Bertz CT molecular complexity index is 4020. The van der Waals surface area contributed by atoms with E-state index >= 15 is 0 Å². The number of aromatic amines is 2. The fourth-order valence-corrected chi connectivity index (χ4v) is 11.2. The number of sulfone groups is 2. The largest absolute Gasteiger partial charge is 1.00 e. The minimum absolute atomic E-state index is 0. The zero-order chi connectivity index (χ0) is 55.2. The van der Waals surface area contributed by atoms with E-state index in [0.717, 1.165) is 48.5 Å². The molecule has 4 aromatic carbocycles. The molecule has 0 radical (unpaired) electrons. The molecule has 30 nitrogen and oxygen atoms in total. The molecule has 2 aliphatic rings. The molecule has 2 aliphatic carbocycles. The van der Waals surface area contributed by atoms with Gasteiger partial charge in [0.15, 0.2) is 25.4 Å². The normalized spacial score (nSPS) is 15.3. The standard InChI is InChI=1S/C39H33N9O21S6.4Na/c49-9-11-70(54,55)23-5-1-21(2-6-23)45-47-33-29(74(64,65)66)15-19-13-25(72(58,59)60)17-27(31(19)35(33)51)40-37-42-38(44-39(53)43-37)41-28-18-26(73(61,62)63)14-20-16-30(75(67,68)69)34(36(52)32(20)28)48-46-22-3-7-24(8-4-22)71(56,57)12-10-50;;;;/h1-8,13-18,45-46,49-50H,9-12H2,(H,58,59,60)(H,61,62,63)(H,64,65,66)(H,67,68,69)(H3,40,41,42,43,44,53);;;;/q;4*+1/p-4/b47-33+,48-34+;;;;. The summed E-state index contributed by atoms with van der Waals surface area (Å²) in [5.41, 5.74) is -4.42. The molecule has 40 heteroatoms. The first-order valence-corrected chi connectivity index (χ1v) is 29.0. The molecule has 79 heavy (non-hydrogen) atoms. The number of hydrogen-bond acceptors (Lipinski definition) is 27. The fourth-order valence-electron chi connectivity index (χ4n) is 6.83. The molecule has 0 amide bonds. The minimum atomic E-state index is -5.69. The van der Waals surface area contributed by atoms with Crippen molar-refractivity contribution >= 4 is 118 Å². The maximum atomic E-state index is 14.2. The number of Topliss-reactive ketones (excluding diaryl/α,β-unsaturated/α-hetero) is 2. The van der Waals surface area contributed by atoms with Gasteiger partial charge in [-0.05, 0) is 96.1 Å². The number of benzene rings is 4. The number of aliphatic hydroxyl groups excluding tert-OH is 2. The number of allylic oxidation sites excluding steroid dienone is 2. The summed E-state index contributed by atoms with van der Waals surface area (Å²) >= 11 is 0. The van der Waals surface area contributed by atoms with Gasteiger partial charge in [0.2, 0.25) is 22.8 Å². The third kappa shape index (κ3) is 16.4. The Morgan fingerprint density at radius 3 is 1.30 bits per heavy atom. The molecule has 0 atom stereocenters. The summed E-state index contributed by atoms with van der Waals surface area (Å²) < 4.78 is 196. The molecule has 0 bridgehead atoms. The average Bonchev–Trinajstić information content (AvgIpc) is 3.29. The Labute approximate surface area is 535 Å². The summed E-state index contributed by atoms with van der Waals surface area (Å²) in [4.78, 5) is 38.6. The van der Waals surface area contributed by atoms with Crippen LogP contribution in [0.1, 0.15) is 31.8 Å². The topological polar surface area (TPSA) is 510 Å². The van der Waals surface area contributed by atoms with Gasteiger partial charge in [0.25, 0.3) is 10.1 Å².